The summed E-state index contributed by atoms with van der Waals surface area (Å²) in [6.07, 6.45) is 1.63. The zero-order chi connectivity index (χ0) is 14.0. The summed E-state index contributed by atoms with van der Waals surface area (Å²) in [7, 11) is 1.93. The molecule has 0 bridgehead atoms. The first-order chi connectivity index (χ1) is 8.99. The Morgan fingerprint density at radius 3 is 2.79 bits per heavy atom. The molecule has 0 aliphatic heterocycles. The minimum atomic E-state index is 0.263. The Hall–Kier alpha value is -2.02. The second-order valence-corrected chi connectivity index (χ2v) is 4.70. The maximum absolute atomic E-state index is 5.54. The molecule has 0 fully saturated rings. The molecule has 6 nitrogen and oxygen atoms in total. The fourth-order valence-electron chi connectivity index (χ4n) is 1.82. The number of hydrogen-bond donors (Lipinski definition) is 2. The zero-order valence-electron chi connectivity index (χ0n) is 11.1. The van der Waals surface area contributed by atoms with Gasteiger partial charge in [0.2, 0.25) is 5.95 Å². The van der Waals surface area contributed by atoms with Crippen molar-refractivity contribution in [2.45, 2.75) is 20.4 Å². The van der Waals surface area contributed by atoms with Crippen LogP contribution in [0.3, 0.4) is 0 Å². The van der Waals surface area contributed by atoms with Crippen LogP contribution in [0.4, 0.5) is 5.95 Å². The molecule has 2 heterocycles. The van der Waals surface area contributed by atoms with Gasteiger partial charge in [0.15, 0.2) is 0 Å². The minimum Gasteiger partial charge on any atom is -0.388 e. The Bertz CT molecular complexity index is 619. The van der Waals surface area contributed by atoms with Crippen molar-refractivity contribution >= 4 is 23.2 Å². The van der Waals surface area contributed by atoms with Gasteiger partial charge in [-0.15, -0.1) is 0 Å². The van der Waals surface area contributed by atoms with Crippen LogP contribution in [0, 0.1) is 13.8 Å². The predicted molar refractivity (Wildman–Crippen MR) is 77.9 cm³/mol. The Morgan fingerprint density at radius 1 is 1.47 bits per heavy atom. The SMILES string of the molecule is Cc1nn(C)c(C)c1CNc1nccc(C(N)=S)n1. The number of aryl methyl sites for hydroxylation is 2. The maximum Gasteiger partial charge on any atom is 0.223 e. The molecule has 0 aliphatic carbocycles. The Morgan fingerprint density at radius 2 is 2.21 bits per heavy atom. The number of aromatic nitrogens is 4. The lowest BCUT2D eigenvalue weighted by Gasteiger charge is -2.06. The maximum atomic E-state index is 5.54. The van der Waals surface area contributed by atoms with Crippen molar-refractivity contribution in [3.8, 4) is 0 Å². The molecule has 19 heavy (non-hydrogen) atoms. The predicted octanol–water partition coefficient (Wildman–Crippen LogP) is 1.07. The van der Waals surface area contributed by atoms with Crippen molar-refractivity contribution < 1.29 is 0 Å². The summed E-state index contributed by atoms with van der Waals surface area (Å²) in [5, 5.41) is 7.52. The van der Waals surface area contributed by atoms with Crippen molar-refractivity contribution in [2.75, 3.05) is 5.32 Å². The average Bonchev–Trinajstić information content (AvgIpc) is 2.61. The van der Waals surface area contributed by atoms with Gasteiger partial charge in [0, 0.05) is 31.0 Å². The highest BCUT2D eigenvalue weighted by molar-refractivity contribution is 7.80. The molecule has 0 unspecified atom stereocenters. The molecule has 0 saturated carbocycles. The fraction of sp³-hybridized carbons (Fsp3) is 0.333. The number of anilines is 1. The van der Waals surface area contributed by atoms with E-state index in [4.69, 9.17) is 18.0 Å². The molecule has 0 spiro atoms. The highest BCUT2D eigenvalue weighted by Crippen LogP contribution is 2.13. The molecule has 0 amide bonds. The first-order valence-electron chi connectivity index (χ1n) is 5.85. The lowest BCUT2D eigenvalue weighted by molar-refractivity contribution is 0.730. The van der Waals surface area contributed by atoms with Gasteiger partial charge >= 0.3 is 0 Å². The summed E-state index contributed by atoms with van der Waals surface area (Å²) in [6, 6.07) is 1.69. The standard InChI is InChI=1S/C12H16N6S/c1-7-9(8(2)18(3)17-7)6-15-12-14-5-4-10(16-12)11(13)19/h4-5H,6H2,1-3H3,(H2,13,19)(H,14,15,16). The third kappa shape index (κ3) is 2.87. The Balaban J connectivity index is 2.14. The second-order valence-electron chi connectivity index (χ2n) is 4.26. The molecule has 0 saturated heterocycles. The van der Waals surface area contributed by atoms with Gasteiger partial charge in [-0.25, -0.2) is 9.97 Å². The van der Waals surface area contributed by atoms with Gasteiger partial charge in [-0.1, -0.05) is 12.2 Å². The van der Waals surface area contributed by atoms with E-state index in [1.807, 2.05) is 25.6 Å². The van der Waals surface area contributed by atoms with E-state index in [9.17, 15) is 0 Å². The molecule has 2 aromatic heterocycles. The van der Waals surface area contributed by atoms with Crippen LogP contribution in [-0.4, -0.2) is 24.7 Å². The van der Waals surface area contributed by atoms with Crippen LogP contribution in [0.25, 0.3) is 0 Å². The second kappa shape index (κ2) is 5.31. The molecular formula is C12H16N6S. The van der Waals surface area contributed by atoms with Gasteiger partial charge in [-0.2, -0.15) is 5.10 Å². The Labute approximate surface area is 117 Å². The summed E-state index contributed by atoms with van der Waals surface area (Å²) in [4.78, 5) is 8.64. The van der Waals surface area contributed by atoms with Gasteiger partial charge in [0.25, 0.3) is 0 Å². The van der Waals surface area contributed by atoms with Gasteiger partial charge in [0.05, 0.1) is 5.69 Å². The minimum absolute atomic E-state index is 0.263. The first kappa shape index (κ1) is 13.4. The van der Waals surface area contributed by atoms with E-state index in [2.05, 4.69) is 20.4 Å². The summed E-state index contributed by atoms with van der Waals surface area (Å²) in [6.45, 7) is 4.63. The Kier molecular flexibility index (Phi) is 3.75. The van der Waals surface area contributed by atoms with E-state index < -0.39 is 0 Å². The highest BCUT2D eigenvalue weighted by Gasteiger charge is 2.09. The number of rotatable bonds is 4. The molecule has 100 valence electrons. The zero-order valence-corrected chi connectivity index (χ0v) is 12.0. The third-order valence-corrected chi connectivity index (χ3v) is 3.20. The van der Waals surface area contributed by atoms with E-state index in [0.29, 0.717) is 18.2 Å². The first-order valence-corrected chi connectivity index (χ1v) is 6.25. The number of nitrogens with zero attached hydrogens (tertiary/aromatic N) is 4. The van der Waals surface area contributed by atoms with Crippen LogP contribution < -0.4 is 11.1 Å². The molecule has 2 rings (SSSR count). The highest BCUT2D eigenvalue weighted by atomic mass is 32.1. The third-order valence-electron chi connectivity index (χ3n) is 2.99. The van der Waals surface area contributed by atoms with Crippen LogP contribution in [-0.2, 0) is 13.6 Å². The van der Waals surface area contributed by atoms with Crippen LogP contribution in [0.1, 0.15) is 22.6 Å². The summed E-state index contributed by atoms with van der Waals surface area (Å²) >= 11 is 4.89. The van der Waals surface area contributed by atoms with Crippen molar-refractivity contribution in [1.29, 1.82) is 0 Å². The van der Waals surface area contributed by atoms with Crippen molar-refractivity contribution in [3.63, 3.8) is 0 Å². The quantitative estimate of drug-likeness (QED) is 0.813. The lowest BCUT2D eigenvalue weighted by Crippen LogP contribution is -2.14. The van der Waals surface area contributed by atoms with Crippen molar-refractivity contribution in [1.82, 2.24) is 19.7 Å². The molecule has 3 N–H and O–H groups in total. The molecule has 0 aliphatic rings. The normalized spacial score (nSPS) is 10.5. The smallest absolute Gasteiger partial charge is 0.223 e. The largest absolute Gasteiger partial charge is 0.388 e. The fourth-order valence-corrected chi connectivity index (χ4v) is 1.94. The van der Waals surface area contributed by atoms with E-state index in [-0.39, 0.29) is 4.99 Å². The summed E-state index contributed by atoms with van der Waals surface area (Å²) < 4.78 is 1.86. The van der Waals surface area contributed by atoms with E-state index >= 15 is 0 Å². The number of hydrogen-bond acceptors (Lipinski definition) is 5. The number of nitrogens with one attached hydrogen (secondary N) is 1. The van der Waals surface area contributed by atoms with Gasteiger partial charge < -0.3 is 11.1 Å². The van der Waals surface area contributed by atoms with Crippen LogP contribution in [0.5, 0.6) is 0 Å². The molecule has 2 aromatic rings. The van der Waals surface area contributed by atoms with Crippen LogP contribution in [0.2, 0.25) is 0 Å². The van der Waals surface area contributed by atoms with Gasteiger partial charge in [0.1, 0.15) is 10.7 Å². The number of nitrogens with two attached hydrogens (primary N) is 1. The van der Waals surface area contributed by atoms with Gasteiger partial charge in [-0.3, -0.25) is 4.68 Å². The lowest BCUT2D eigenvalue weighted by atomic mass is 10.2. The van der Waals surface area contributed by atoms with Gasteiger partial charge in [-0.05, 0) is 19.9 Å². The summed E-state index contributed by atoms with van der Waals surface area (Å²) in [5.74, 6) is 0.507. The van der Waals surface area contributed by atoms with Crippen molar-refractivity contribution in [3.05, 3.63) is 34.9 Å². The average molecular weight is 276 g/mol. The topological polar surface area (TPSA) is 81.7 Å². The number of thiocarbonyl (C=S) groups is 1. The van der Waals surface area contributed by atoms with Crippen LogP contribution >= 0.6 is 12.2 Å². The summed E-state index contributed by atoms with van der Waals surface area (Å²) in [5.41, 5.74) is 9.37. The molecule has 0 radical (unpaired) electrons. The molecule has 0 atom stereocenters. The molecule has 7 heteroatoms. The molecular weight excluding hydrogens is 260 g/mol. The van der Waals surface area contributed by atoms with Crippen LogP contribution in [0.15, 0.2) is 12.3 Å². The monoisotopic (exact) mass is 276 g/mol. The van der Waals surface area contributed by atoms with E-state index in [0.717, 1.165) is 17.0 Å². The van der Waals surface area contributed by atoms with Crippen molar-refractivity contribution in [2.24, 2.45) is 12.8 Å². The van der Waals surface area contributed by atoms with E-state index in [1.54, 1.807) is 12.3 Å². The molecule has 0 aromatic carbocycles. The van der Waals surface area contributed by atoms with E-state index in [1.165, 1.54) is 0 Å².